The van der Waals surface area contributed by atoms with Crippen molar-refractivity contribution < 1.29 is 28.3 Å². The van der Waals surface area contributed by atoms with Gasteiger partial charge in [0.1, 0.15) is 0 Å². The molecule has 188 valence electrons. The normalized spacial score (nSPS) is 12.5. The lowest BCUT2D eigenvalue weighted by Gasteiger charge is -2.35. The summed E-state index contributed by atoms with van der Waals surface area (Å²) in [5.74, 6) is -2.43. The monoisotopic (exact) mass is 526 g/mol. The Morgan fingerprint density at radius 3 is 2.63 bits per heavy atom. The largest absolute Gasteiger partial charge is 0.390 e. The van der Waals surface area contributed by atoms with E-state index in [0.29, 0.717) is 16.1 Å². The minimum Gasteiger partial charge on any atom is -0.390 e. The van der Waals surface area contributed by atoms with E-state index in [0.717, 1.165) is 34.1 Å². The van der Waals surface area contributed by atoms with Gasteiger partial charge in [0.05, 0.1) is 28.5 Å². The molecule has 0 spiro atoms. The number of anilines is 1. The first-order valence-corrected chi connectivity index (χ1v) is 11.8. The maximum Gasteiger partial charge on any atom is 0.240 e. The van der Waals surface area contributed by atoms with Crippen LogP contribution in [0.25, 0.3) is 10.2 Å². The summed E-state index contributed by atoms with van der Waals surface area (Å²) in [6, 6.07) is 8.35. The molecular formula is C23H25ClF2N4O4S. The van der Waals surface area contributed by atoms with E-state index < -0.39 is 23.3 Å². The van der Waals surface area contributed by atoms with Crippen LogP contribution in [0.2, 0.25) is 5.02 Å². The summed E-state index contributed by atoms with van der Waals surface area (Å²) < 4.78 is 27.4. The molecule has 1 heterocycles. The van der Waals surface area contributed by atoms with Crippen molar-refractivity contribution in [3.05, 3.63) is 58.6 Å². The van der Waals surface area contributed by atoms with Crippen LogP contribution < -0.4 is 10.5 Å². The fraction of sp³-hybridized carbons (Fsp3) is 0.348. The highest BCUT2D eigenvalue weighted by molar-refractivity contribution is 7.22. The molecule has 2 aromatic carbocycles. The Bertz CT molecular complexity index is 1160. The van der Waals surface area contributed by atoms with E-state index in [1.807, 2.05) is 12.1 Å². The molecule has 0 saturated heterocycles. The summed E-state index contributed by atoms with van der Waals surface area (Å²) in [6.07, 6.45) is 0.464. The lowest BCUT2D eigenvalue weighted by Crippen LogP contribution is -2.53. The van der Waals surface area contributed by atoms with Crippen LogP contribution in [0.15, 0.2) is 36.4 Å². The van der Waals surface area contributed by atoms with Gasteiger partial charge in [-0.05, 0) is 38.0 Å². The molecule has 0 radical (unpaired) electrons. The SMILES string of the molecule is CC(=O)N(NCc1ccccc1Cl)[C@H](CON(C=O)c1nc2cc(F)c(F)cc2s1)CC(C)(C)O. The highest BCUT2D eigenvalue weighted by Crippen LogP contribution is 2.30. The molecule has 1 aromatic heterocycles. The van der Waals surface area contributed by atoms with E-state index in [4.69, 9.17) is 16.4 Å². The summed E-state index contributed by atoms with van der Waals surface area (Å²) in [5.41, 5.74) is 2.77. The fourth-order valence-corrected chi connectivity index (χ4v) is 4.51. The van der Waals surface area contributed by atoms with E-state index in [1.165, 1.54) is 11.9 Å². The summed E-state index contributed by atoms with van der Waals surface area (Å²) in [6.45, 7) is 4.55. The predicted octanol–water partition coefficient (Wildman–Crippen LogP) is 4.21. The Labute approximate surface area is 210 Å². The zero-order chi connectivity index (χ0) is 25.8. The molecule has 3 rings (SSSR count). The molecule has 1 atom stereocenters. The van der Waals surface area contributed by atoms with Crippen molar-refractivity contribution in [1.82, 2.24) is 15.4 Å². The number of thiazole rings is 1. The third-order valence-corrected chi connectivity index (χ3v) is 6.32. The number of nitrogens with zero attached hydrogens (tertiary/aromatic N) is 3. The van der Waals surface area contributed by atoms with Crippen LogP contribution in [0.3, 0.4) is 0 Å². The third-order valence-electron chi connectivity index (χ3n) is 4.95. The van der Waals surface area contributed by atoms with E-state index in [1.54, 1.807) is 26.0 Å². The second-order valence-electron chi connectivity index (χ2n) is 8.44. The van der Waals surface area contributed by atoms with Crippen LogP contribution in [0.5, 0.6) is 0 Å². The number of benzene rings is 2. The molecule has 12 heteroatoms. The highest BCUT2D eigenvalue weighted by Gasteiger charge is 2.29. The summed E-state index contributed by atoms with van der Waals surface area (Å²) in [7, 11) is 0. The van der Waals surface area contributed by atoms with Crippen LogP contribution >= 0.6 is 22.9 Å². The quantitative estimate of drug-likeness (QED) is 0.287. The van der Waals surface area contributed by atoms with Crippen LogP contribution in [-0.2, 0) is 21.0 Å². The number of carbonyl (C=O) groups is 2. The first-order valence-electron chi connectivity index (χ1n) is 10.6. The van der Waals surface area contributed by atoms with Crippen molar-refractivity contribution in [2.75, 3.05) is 11.7 Å². The van der Waals surface area contributed by atoms with Gasteiger partial charge >= 0.3 is 0 Å². The zero-order valence-electron chi connectivity index (χ0n) is 19.3. The lowest BCUT2D eigenvalue weighted by molar-refractivity contribution is -0.139. The Kier molecular flexibility index (Phi) is 8.73. The number of carbonyl (C=O) groups excluding carboxylic acids is 2. The van der Waals surface area contributed by atoms with E-state index in [9.17, 15) is 23.5 Å². The van der Waals surface area contributed by atoms with Gasteiger partial charge in [0, 0.05) is 24.6 Å². The number of hydrogen-bond donors (Lipinski definition) is 2. The molecule has 3 aromatic rings. The maximum atomic E-state index is 13.6. The molecular weight excluding hydrogens is 502 g/mol. The average molecular weight is 527 g/mol. The van der Waals surface area contributed by atoms with Gasteiger partial charge < -0.3 is 5.11 Å². The number of hydrazine groups is 1. The predicted molar refractivity (Wildman–Crippen MR) is 130 cm³/mol. The number of rotatable bonds is 11. The van der Waals surface area contributed by atoms with Crippen LogP contribution in [0.4, 0.5) is 13.9 Å². The molecule has 35 heavy (non-hydrogen) atoms. The smallest absolute Gasteiger partial charge is 0.240 e. The average Bonchev–Trinajstić information content (AvgIpc) is 3.16. The summed E-state index contributed by atoms with van der Waals surface area (Å²) in [5, 5.41) is 13.1. The lowest BCUT2D eigenvalue weighted by atomic mass is 9.99. The molecule has 2 amide bonds. The van der Waals surface area contributed by atoms with Crippen molar-refractivity contribution in [2.24, 2.45) is 0 Å². The Morgan fingerprint density at radius 1 is 1.31 bits per heavy atom. The molecule has 0 saturated carbocycles. The van der Waals surface area contributed by atoms with Crippen LogP contribution in [0, 0.1) is 11.6 Å². The molecule has 2 N–H and O–H groups in total. The van der Waals surface area contributed by atoms with E-state index in [-0.39, 0.29) is 36.1 Å². The Hall–Kier alpha value is -2.70. The molecule has 0 fully saturated rings. The highest BCUT2D eigenvalue weighted by atomic mass is 35.5. The molecule has 0 aliphatic carbocycles. The van der Waals surface area contributed by atoms with Gasteiger partial charge in [0.25, 0.3) is 0 Å². The molecule has 0 bridgehead atoms. The van der Waals surface area contributed by atoms with Crippen molar-refractivity contribution in [3.63, 3.8) is 0 Å². The fourth-order valence-electron chi connectivity index (χ4n) is 3.41. The number of hydrogen-bond acceptors (Lipinski definition) is 7. The molecule has 0 aliphatic rings. The minimum atomic E-state index is -1.18. The maximum absolute atomic E-state index is 13.6. The van der Waals surface area contributed by atoms with Gasteiger partial charge in [-0.3, -0.25) is 19.4 Å². The number of aromatic nitrogens is 1. The number of fused-ring (bicyclic) bond motifs is 1. The Morgan fingerprint density at radius 2 is 2.00 bits per heavy atom. The second kappa shape index (κ2) is 11.4. The zero-order valence-corrected chi connectivity index (χ0v) is 20.9. The first kappa shape index (κ1) is 26.9. The first-order chi connectivity index (χ1) is 16.5. The molecule has 8 nitrogen and oxygen atoms in total. The van der Waals surface area contributed by atoms with E-state index in [2.05, 4.69) is 10.4 Å². The van der Waals surface area contributed by atoms with Crippen molar-refractivity contribution in [3.8, 4) is 0 Å². The van der Waals surface area contributed by atoms with Crippen LogP contribution in [0.1, 0.15) is 32.8 Å². The van der Waals surface area contributed by atoms with Gasteiger partial charge in [-0.15, -0.1) is 0 Å². The van der Waals surface area contributed by atoms with Gasteiger partial charge in [0.15, 0.2) is 11.6 Å². The molecule has 0 unspecified atom stereocenters. The van der Waals surface area contributed by atoms with Gasteiger partial charge in [-0.2, -0.15) is 5.06 Å². The summed E-state index contributed by atoms with van der Waals surface area (Å²) >= 11 is 7.14. The third kappa shape index (κ3) is 7.15. The second-order valence-corrected chi connectivity index (χ2v) is 9.86. The topological polar surface area (TPSA) is 95.0 Å². The number of amides is 2. The van der Waals surface area contributed by atoms with Gasteiger partial charge in [-0.1, -0.05) is 41.1 Å². The van der Waals surface area contributed by atoms with Crippen molar-refractivity contribution in [1.29, 1.82) is 0 Å². The minimum absolute atomic E-state index is 0.0559. The Balaban J connectivity index is 1.79. The molecule has 0 aliphatic heterocycles. The number of aliphatic hydroxyl groups is 1. The summed E-state index contributed by atoms with van der Waals surface area (Å²) in [4.78, 5) is 34.0. The number of nitrogens with one attached hydrogen (secondary N) is 1. The van der Waals surface area contributed by atoms with E-state index >= 15 is 0 Å². The standard InChI is InChI=1S/C23H25ClF2N4O4S/c1-14(32)30(27-11-15-6-4-5-7-17(15)24)16(10-23(2,3)33)12-34-29(13-31)22-28-20-8-18(25)19(26)9-21(20)35-22/h4-9,13,16,27,33H,10-12H2,1-3H3/t16-/m0/s1. The van der Waals surface area contributed by atoms with Crippen molar-refractivity contribution in [2.45, 2.75) is 45.4 Å². The van der Waals surface area contributed by atoms with Crippen LogP contribution in [-0.4, -0.2) is 45.7 Å². The van der Waals surface area contributed by atoms with Crippen molar-refractivity contribution >= 4 is 50.6 Å². The van der Waals surface area contributed by atoms with Gasteiger partial charge in [0.2, 0.25) is 17.4 Å². The number of hydroxylamine groups is 1. The number of halogens is 3. The van der Waals surface area contributed by atoms with Gasteiger partial charge in [-0.25, -0.2) is 19.2 Å².